The van der Waals surface area contributed by atoms with Gasteiger partial charge in [0.25, 0.3) is 0 Å². The highest BCUT2D eigenvalue weighted by molar-refractivity contribution is 7.96. The second-order valence-corrected chi connectivity index (χ2v) is 11.3. The van der Waals surface area contributed by atoms with Crippen LogP contribution in [0.25, 0.3) is 0 Å². The maximum absolute atomic E-state index is 13.2. The van der Waals surface area contributed by atoms with Crippen molar-refractivity contribution >= 4 is 29.5 Å². The third-order valence-corrected chi connectivity index (χ3v) is 10.1. The summed E-state index contributed by atoms with van der Waals surface area (Å²) in [5.74, 6) is -0.405. The fraction of sp³-hybridized carbons (Fsp3) is 0.577. The van der Waals surface area contributed by atoms with Crippen LogP contribution in [-0.2, 0) is 19.1 Å². The van der Waals surface area contributed by atoms with Gasteiger partial charge in [-0.15, -0.1) is 12.6 Å². The summed E-state index contributed by atoms with van der Waals surface area (Å²) < 4.78 is 17.9. The van der Waals surface area contributed by atoms with E-state index in [0.717, 1.165) is 24.8 Å². The molecular formula is C26H28O6S. The minimum absolute atomic E-state index is 0.0363. The fourth-order valence-corrected chi connectivity index (χ4v) is 8.80. The van der Waals surface area contributed by atoms with Gasteiger partial charge in [0.1, 0.15) is 5.60 Å². The molecule has 33 heavy (non-hydrogen) atoms. The van der Waals surface area contributed by atoms with Gasteiger partial charge in [0.2, 0.25) is 10.9 Å². The number of furan rings is 1. The molecule has 0 N–H and O–H groups in total. The third-order valence-electron chi connectivity index (χ3n) is 9.77. The second kappa shape index (κ2) is 6.51. The highest BCUT2D eigenvalue weighted by atomic mass is 32.1. The maximum Gasteiger partial charge on any atom is 0.375 e. The van der Waals surface area contributed by atoms with Gasteiger partial charge >= 0.3 is 5.97 Å². The second-order valence-electron chi connectivity index (χ2n) is 10.9. The Morgan fingerprint density at radius 2 is 2.03 bits per heavy atom. The van der Waals surface area contributed by atoms with Crippen LogP contribution in [0.15, 0.2) is 46.6 Å². The van der Waals surface area contributed by atoms with Crippen molar-refractivity contribution < 1.29 is 28.3 Å². The topological polar surface area (TPSA) is 86.1 Å². The normalized spacial score (nSPS) is 47.0. The average Bonchev–Trinajstić information content (AvgIpc) is 3.14. The molecule has 7 heteroatoms. The molecule has 0 amide bonds. The van der Waals surface area contributed by atoms with Gasteiger partial charge in [-0.05, 0) is 68.7 Å². The Labute approximate surface area is 198 Å². The summed E-state index contributed by atoms with van der Waals surface area (Å²) in [7, 11) is 0. The lowest BCUT2D eigenvalue weighted by Gasteiger charge is -2.55. The first kappa shape index (κ1) is 21.4. The summed E-state index contributed by atoms with van der Waals surface area (Å²) in [5, 5.41) is -0.418. The number of allylic oxidation sites excluding steroid dienone is 2. The van der Waals surface area contributed by atoms with Crippen LogP contribution in [0.2, 0.25) is 0 Å². The molecule has 0 aromatic carbocycles. The highest BCUT2D eigenvalue weighted by Gasteiger charge is 2.82. The summed E-state index contributed by atoms with van der Waals surface area (Å²) in [4.78, 5) is 38.3. The van der Waals surface area contributed by atoms with Crippen molar-refractivity contribution in [3.8, 4) is 0 Å². The zero-order valence-corrected chi connectivity index (χ0v) is 19.9. The van der Waals surface area contributed by atoms with Crippen molar-refractivity contribution in [2.75, 3.05) is 0 Å². The quantitative estimate of drug-likeness (QED) is 0.404. The van der Waals surface area contributed by atoms with E-state index < -0.39 is 22.1 Å². The average molecular weight is 469 g/mol. The van der Waals surface area contributed by atoms with Crippen molar-refractivity contribution in [3.63, 3.8) is 0 Å². The molecule has 0 bridgehead atoms. The first-order valence-corrected chi connectivity index (χ1v) is 12.2. The van der Waals surface area contributed by atoms with Gasteiger partial charge in [-0.1, -0.05) is 25.5 Å². The molecule has 2 heterocycles. The van der Waals surface area contributed by atoms with Crippen LogP contribution < -0.4 is 0 Å². The van der Waals surface area contributed by atoms with Gasteiger partial charge in [0.05, 0.1) is 12.4 Å². The third kappa shape index (κ3) is 2.38. The summed E-state index contributed by atoms with van der Waals surface area (Å²) >= 11 is 4.30. The molecule has 1 aromatic rings. The lowest BCUT2D eigenvalue weighted by molar-refractivity contribution is -0.155. The van der Waals surface area contributed by atoms with E-state index in [1.54, 1.807) is 24.3 Å². The van der Waals surface area contributed by atoms with Crippen molar-refractivity contribution in [1.82, 2.24) is 0 Å². The van der Waals surface area contributed by atoms with Gasteiger partial charge in [-0.2, -0.15) is 0 Å². The van der Waals surface area contributed by atoms with E-state index in [1.807, 2.05) is 13.0 Å². The lowest BCUT2D eigenvalue weighted by Crippen LogP contribution is -2.62. The van der Waals surface area contributed by atoms with Gasteiger partial charge in [0.15, 0.2) is 11.4 Å². The van der Waals surface area contributed by atoms with Gasteiger partial charge in [-0.3, -0.25) is 9.59 Å². The van der Waals surface area contributed by atoms with Crippen LogP contribution >= 0.6 is 12.6 Å². The number of esters is 1. The van der Waals surface area contributed by atoms with Crippen LogP contribution in [0.3, 0.4) is 0 Å². The number of fused-ring (bicyclic) bond motifs is 3. The number of ketones is 1. The minimum Gasteiger partial charge on any atom is -0.457 e. The van der Waals surface area contributed by atoms with Crippen LogP contribution in [0.5, 0.6) is 0 Å². The highest BCUT2D eigenvalue weighted by Crippen LogP contribution is 2.77. The smallest absolute Gasteiger partial charge is 0.375 e. The van der Waals surface area contributed by atoms with Crippen molar-refractivity contribution in [2.45, 2.75) is 63.8 Å². The predicted octanol–water partition coefficient (Wildman–Crippen LogP) is 4.32. The van der Waals surface area contributed by atoms with Crippen LogP contribution in [-0.4, -0.2) is 34.2 Å². The molecule has 1 spiro atoms. The summed E-state index contributed by atoms with van der Waals surface area (Å²) in [5.41, 5.74) is -1.55. The SMILES string of the molecule is C[C@@H]1CC2C3CCC4=CC(=O)C=C[C@]4(C)[C@@]34O[C@H]4C[C@]2(C)[C@@]1(OC(=O)c1ccco1)C(=O)S. The van der Waals surface area contributed by atoms with Crippen molar-refractivity contribution in [2.24, 2.45) is 28.6 Å². The Bertz CT molecular complexity index is 1140. The Morgan fingerprint density at radius 3 is 2.73 bits per heavy atom. The Balaban J connectivity index is 1.42. The molecule has 1 saturated heterocycles. The number of carbonyl (C=O) groups is 3. The zero-order valence-electron chi connectivity index (χ0n) is 19.0. The molecule has 174 valence electrons. The largest absolute Gasteiger partial charge is 0.457 e. The summed E-state index contributed by atoms with van der Waals surface area (Å²) in [6.45, 7) is 6.24. The Kier molecular flexibility index (Phi) is 4.22. The van der Waals surface area contributed by atoms with E-state index in [4.69, 9.17) is 13.9 Å². The fourth-order valence-electron chi connectivity index (χ4n) is 8.28. The summed E-state index contributed by atoms with van der Waals surface area (Å²) in [6.07, 6.45) is 9.87. The van der Waals surface area contributed by atoms with E-state index in [9.17, 15) is 14.4 Å². The molecule has 2 unspecified atom stereocenters. The van der Waals surface area contributed by atoms with Crippen LogP contribution in [0, 0.1) is 28.6 Å². The minimum atomic E-state index is -1.36. The molecule has 6 nitrogen and oxygen atoms in total. The molecule has 5 aliphatic rings. The van der Waals surface area contributed by atoms with Crippen molar-refractivity contribution in [3.05, 3.63) is 48.0 Å². The zero-order chi connectivity index (χ0) is 23.4. The number of thiol groups is 1. The Hall–Kier alpha value is -2.12. The number of hydrogen-bond donors (Lipinski definition) is 1. The van der Waals surface area contributed by atoms with E-state index in [1.165, 1.54) is 6.26 Å². The first-order valence-electron chi connectivity index (χ1n) is 11.7. The number of epoxide rings is 1. The van der Waals surface area contributed by atoms with E-state index in [2.05, 4.69) is 26.5 Å². The van der Waals surface area contributed by atoms with Crippen LogP contribution in [0.1, 0.15) is 57.0 Å². The molecule has 8 atom stereocenters. The molecule has 6 rings (SSSR count). The van der Waals surface area contributed by atoms with Crippen molar-refractivity contribution in [1.29, 1.82) is 0 Å². The number of hydrogen-bond acceptors (Lipinski definition) is 6. The standard InChI is InChI=1S/C26H28O6S/c1-14-11-18-17-7-6-15-12-16(27)8-9-23(15,2)26(17)20(31-26)13-24(18,3)25(14,22(29)33)32-21(28)19-5-4-10-30-19/h4-5,8-10,12,14,17-18,20H,6-7,11,13H2,1-3H3,(H,29,33)/t14-,17?,18?,20+,23+,24+,25+,26-/m1/s1. The Morgan fingerprint density at radius 1 is 1.24 bits per heavy atom. The molecule has 1 aliphatic heterocycles. The molecule has 3 saturated carbocycles. The molecule has 4 fully saturated rings. The molecule has 0 radical (unpaired) electrons. The van der Waals surface area contributed by atoms with Gasteiger partial charge in [-0.25, -0.2) is 4.79 Å². The molecule has 4 aliphatic carbocycles. The number of carbonyl (C=O) groups excluding carboxylic acids is 3. The molecular weight excluding hydrogens is 440 g/mol. The first-order chi connectivity index (χ1) is 15.6. The number of ether oxygens (including phenoxy) is 2. The lowest BCUT2D eigenvalue weighted by atomic mass is 9.47. The van der Waals surface area contributed by atoms with E-state index >= 15 is 0 Å². The van der Waals surface area contributed by atoms with E-state index in [0.29, 0.717) is 6.42 Å². The van der Waals surface area contributed by atoms with Crippen LogP contribution in [0.4, 0.5) is 0 Å². The number of rotatable bonds is 3. The van der Waals surface area contributed by atoms with Gasteiger partial charge in [0, 0.05) is 16.7 Å². The summed E-state index contributed by atoms with van der Waals surface area (Å²) in [6, 6.07) is 3.17. The van der Waals surface area contributed by atoms with Gasteiger partial charge < -0.3 is 13.9 Å². The maximum atomic E-state index is 13.2. The molecule has 1 aromatic heterocycles. The predicted molar refractivity (Wildman–Crippen MR) is 122 cm³/mol. The monoisotopic (exact) mass is 468 g/mol. The van der Waals surface area contributed by atoms with E-state index in [-0.39, 0.29) is 46.4 Å².